The van der Waals surface area contributed by atoms with Crippen molar-refractivity contribution in [1.82, 2.24) is 9.97 Å². The summed E-state index contributed by atoms with van der Waals surface area (Å²) in [5.41, 5.74) is -0.871. The second-order valence-corrected chi connectivity index (χ2v) is 4.70. The quantitative estimate of drug-likeness (QED) is 0.720. The van der Waals surface area contributed by atoms with Crippen LogP contribution >= 0.6 is 15.9 Å². The lowest BCUT2D eigenvalue weighted by Crippen LogP contribution is -2.29. The first-order valence-corrected chi connectivity index (χ1v) is 5.94. The number of halogens is 1. The van der Waals surface area contributed by atoms with Crippen LogP contribution in [0.4, 0.5) is 0 Å². The second kappa shape index (κ2) is 4.98. The highest BCUT2D eigenvalue weighted by atomic mass is 79.9. The van der Waals surface area contributed by atoms with Gasteiger partial charge in [0.05, 0.1) is 11.0 Å². The van der Waals surface area contributed by atoms with Gasteiger partial charge in [-0.1, -0.05) is 15.9 Å². The number of nitrogens with one attached hydrogen (secondary N) is 2. The number of aromatic nitrogens is 2. The summed E-state index contributed by atoms with van der Waals surface area (Å²) in [6.45, 7) is 0. The number of aromatic amines is 2. The molecule has 100 valence electrons. The molecule has 0 aliphatic rings. The number of methoxy groups -OCH3 is 1. The van der Waals surface area contributed by atoms with Gasteiger partial charge in [-0.15, -0.1) is 0 Å². The Bertz CT molecular complexity index is 764. The highest BCUT2D eigenvalue weighted by Crippen LogP contribution is 2.27. The van der Waals surface area contributed by atoms with Crippen molar-refractivity contribution in [2.45, 2.75) is 6.10 Å². The maximum absolute atomic E-state index is 11.4. The van der Waals surface area contributed by atoms with Crippen LogP contribution in [0.25, 0.3) is 11.0 Å². The number of rotatable bonds is 3. The predicted molar refractivity (Wildman–Crippen MR) is 70.3 cm³/mol. The third-order valence-electron chi connectivity index (χ3n) is 2.57. The van der Waals surface area contributed by atoms with Gasteiger partial charge < -0.3 is 19.8 Å². The summed E-state index contributed by atoms with van der Waals surface area (Å²) >= 11 is 3.21. The zero-order valence-electron chi connectivity index (χ0n) is 9.69. The molecule has 7 nitrogen and oxygen atoms in total. The van der Waals surface area contributed by atoms with Crippen molar-refractivity contribution in [3.8, 4) is 0 Å². The standard InChI is InChI=1S/C11H9BrN2O5/c1-19-8(11(17)18)5-2-4(12)3-6-7(5)14-10(16)9(15)13-6/h2-3,8H,1H3,(H,13,15)(H,14,16)(H,17,18). The van der Waals surface area contributed by atoms with E-state index in [0.717, 1.165) is 0 Å². The van der Waals surface area contributed by atoms with Crippen molar-refractivity contribution in [3.05, 3.63) is 42.9 Å². The van der Waals surface area contributed by atoms with Gasteiger partial charge in [0.1, 0.15) is 0 Å². The summed E-state index contributed by atoms with van der Waals surface area (Å²) in [5.74, 6) is -1.20. The molecule has 8 heteroatoms. The van der Waals surface area contributed by atoms with Crippen molar-refractivity contribution in [1.29, 1.82) is 0 Å². The summed E-state index contributed by atoms with van der Waals surface area (Å²) in [7, 11) is 1.25. The van der Waals surface area contributed by atoms with E-state index in [9.17, 15) is 14.4 Å². The Morgan fingerprint density at radius 1 is 1.32 bits per heavy atom. The van der Waals surface area contributed by atoms with Crippen molar-refractivity contribution >= 4 is 32.9 Å². The number of hydrogen-bond donors (Lipinski definition) is 3. The van der Waals surface area contributed by atoms with E-state index in [2.05, 4.69) is 25.9 Å². The Kier molecular flexibility index (Phi) is 3.54. The van der Waals surface area contributed by atoms with Crippen LogP contribution in [-0.4, -0.2) is 28.2 Å². The number of H-pyrrole nitrogens is 2. The van der Waals surface area contributed by atoms with Gasteiger partial charge >= 0.3 is 17.1 Å². The molecule has 3 N–H and O–H groups in total. The number of hydrogen-bond acceptors (Lipinski definition) is 4. The molecule has 1 aromatic carbocycles. The first-order chi connectivity index (χ1) is 8.93. The fourth-order valence-corrected chi connectivity index (χ4v) is 2.26. The van der Waals surface area contributed by atoms with Crippen LogP contribution in [-0.2, 0) is 9.53 Å². The molecule has 0 saturated carbocycles. The first-order valence-electron chi connectivity index (χ1n) is 5.15. The van der Waals surface area contributed by atoms with Crippen molar-refractivity contribution in [2.24, 2.45) is 0 Å². The molecule has 2 aromatic rings. The monoisotopic (exact) mass is 328 g/mol. The molecule has 0 saturated heterocycles. The van der Waals surface area contributed by atoms with E-state index in [-0.39, 0.29) is 11.1 Å². The fraction of sp³-hybridized carbons (Fsp3) is 0.182. The number of ether oxygens (including phenoxy) is 1. The number of aliphatic carboxylic acids is 1. The smallest absolute Gasteiger partial charge is 0.337 e. The minimum atomic E-state index is -1.25. The Morgan fingerprint density at radius 2 is 1.95 bits per heavy atom. The van der Waals surface area contributed by atoms with Crippen LogP contribution in [0, 0.1) is 0 Å². The lowest BCUT2D eigenvalue weighted by Gasteiger charge is -2.13. The van der Waals surface area contributed by atoms with Gasteiger partial charge in [-0.25, -0.2) is 4.79 Å². The predicted octanol–water partition coefficient (Wildman–Crippen LogP) is 0.751. The van der Waals surface area contributed by atoms with Crippen LogP contribution in [0.15, 0.2) is 26.2 Å². The third kappa shape index (κ3) is 2.45. The minimum Gasteiger partial charge on any atom is -0.479 e. The highest BCUT2D eigenvalue weighted by molar-refractivity contribution is 9.10. The molecule has 0 spiro atoms. The Labute approximate surface area is 114 Å². The number of benzene rings is 1. The Balaban J connectivity index is 2.86. The van der Waals surface area contributed by atoms with Gasteiger partial charge in [0, 0.05) is 17.1 Å². The molecular weight excluding hydrogens is 320 g/mol. The van der Waals surface area contributed by atoms with Gasteiger partial charge in [-0.05, 0) is 12.1 Å². The van der Waals surface area contributed by atoms with Gasteiger partial charge in [-0.3, -0.25) is 9.59 Å². The van der Waals surface area contributed by atoms with E-state index < -0.39 is 23.2 Å². The summed E-state index contributed by atoms with van der Waals surface area (Å²) in [6, 6.07) is 3.07. The maximum Gasteiger partial charge on any atom is 0.337 e. The van der Waals surface area contributed by atoms with E-state index in [0.29, 0.717) is 9.99 Å². The molecule has 0 fully saturated rings. The average molecular weight is 329 g/mol. The molecule has 1 heterocycles. The molecular formula is C11H9BrN2O5. The molecule has 0 radical (unpaired) electrons. The maximum atomic E-state index is 11.4. The van der Waals surface area contributed by atoms with Crippen LogP contribution in [0.1, 0.15) is 11.7 Å². The SMILES string of the molecule is COC(C(=O)O)c1cc(Br)cc2[nH]c(=O)c(=O)[nH]c12. The van der Waals surface area contributed by atoms with E-state index >= 15 is 0 Å². The highest BCUT2D eigenvalue weighted by Gasteiger charge is 2.23. The summed E-state index contributed by atoms with van der Waals surface area (Å²) < 4.78 is 5.45. The number of carbonyl (C=O) groups is 1. The third-order valence-corrected chi connectivity index (χ3v) is 3.03. The minimum absolute atomic E-state index is 0.224. The van der Waals surface area contributed by atoms with Crippen molar-refractivity contribution in [2.75, 3.05) is 7.11 Å². The summed E-state index contributed by atoms with van der Waals surface area (Å²) in [4.78, 5) is 38.5. The van der Waals surface area contributed by atoms with E-state index in [1.807, 2.05) is 0 Å². The van der Waals surface area contributed by atoms with Crippen molar-refractivity contribution in [3.63, 3.8) is 0 Å². The second-order valence-electron chi connectivity index (χ2n) is 3.78. The van der Waals surface area contributed by atoms with Crippen molar-refractivity contribution < 1.29 is 14.6 Å². The Hall–Kier alpha value is -1.93. The van der Waals surface area contributed by atoms with Gasteiger partial charge in [0.2, 0.25) is 0 Å². The number of carboxylic acids is 1. The lowest BCUT2D eigenvalue weighted by atomic mass is 10.1. The largest absolute Gasteiger partial charge is 0.479 e. The molecule has 1 aromatic heterocycles. The van der Waals surface area contributed by atoms with E-state index in [1.54, 1.807) is 6.07 Å². The Morgan fingerprint density at radius 3 is 2.53 bits per heavy atom. The molecule has 2 rings (SSSR count). The van der Waals surface area contributed by atoms with Crippen LogP contribution in [0.3, 0.4) is 0 Å². The van der Waals surface area contributed by atoms with E-state index in [1.165, 1.54) is 13.2 Å². The molecule has 19 heavy (non-hydrogen) atoms. The molecule has 1 atom stereocenters. The van der Waals surface area contributed by atoms with Crippen LogP contribution < -0.4 is 11.1 Å². The van der Waals surface area contributed by atoms with Gasteiger partial charge in [-0.2, -0.15) is 0 Å². The zero-order valence-corrected chi connectivity index (χ0v) is 11.3. The molecule has 1 unspecified atom stereocenters. The summed E-state index contributed by atoms with van der Waals surface area (Å²) in [5, 5.41) is 9.10. The topological polar surface area (TPSA) is 112 Å². The van der Waals surface area contributed by atoms with Gasteiger partial charge in [0.25, 0.3) is 0 Å². The normalized spacial score (nSPS) is 12.5. The fourth-order valence-electron chi connectivity index (χ4n) is 1.78. The van der Waals surface area contributed by atoms with Crippen LogP contribution in [0.2, 0.25) is 0 Å². The number of carboxylic acid groups (broad SMARTS) is 1. The molecule has 0 bridgehead atoms. The molecule has 0 amide bonds. The van der Waals surface area contributed by atoms with Gasteiger partial charge in [0.15, 0.2) is 6.10 Å². The number of fused-ring (bicyclic) bond motifs is 1. The average Bonchev–Trinajstić information content (AvgIpc) is 2.32. The lowest BCUT2D eigenvalue weighted by molar-refractivity contribution is -0.148. The first kappa shape index (κ1) is 13.5. The van der Waals surface area contributed by atoms with Crippen LogP contribution in [0.5, 0.6) is 0 Å². The summed E-state index contributed by atoms with van der Waals surface area (Å²) in [6.07, 6.45) is -1.25. The van der Waals surface area contributed by atoms with E-state index in [4.69, 9.17) is 9.84 Å². The molecule has 0 aliphatic heterocycles. The molecule has 0 aliphatic carbocycles. The zero-order chi connectivity index (χ0) is 14.2.